The van der Waals surface area contributed by atoms with Gasteiger partial charge in [0, 0.05) is 22.2 Å². The van der Waals surface area contributed by atoms with E-state index in [0.717, 1.165) is 23.7 Å². The van der Waals surface area contributed by atoms with Crippen molar-refractivity contribution >= 4 is 17.5 Å². The van der Waals surface area contributed by atoms with Gasteiger partial charge in [0.2, 0.25) is 0 Å². The SMILES string of the molecule is O=C(N[C@@H]1C[C@H]2CC[C@@H]1C2)c1ccc(OCc2ccccc2Cl)cc1. The van der Waals surface area contributed by atoms with Gasteiger partial charge in [-0.25, -0.2) is 0 Å². The van der Waals surface area contributed by atoms with Gasteiger partial charge in [-0.3, -0.25) is 4.79 Å². The number of carbonyl (C=O) groups excluding carboxylic acids is 1. The number of amides is 1. The van der Waals surface area contributed by atoms with E-state index in [1.54, 1.807) is 0 Å². The number of rotatable bonds is 5. The normalized spacial score (nSPS) is 24.3. The van der Waals surface area contributed by atoms with Crippen molar-refractivity contribution in [3.63, 3.8) is 0 Å². The quantitative estimate of drug-likeness (QED) is 0.833. The maximum absolute atomic E-state index is 12.4. The number of nitrogens with one attached hydrogen (secondary N) is 1. The first kappa shape index (κ1) is 16.5. The Balaban J connectivity index is 1.33. The molecule has 2 aromatic rings. The van der Waals surface area contributed by atoms with Gasteiger partial charge >= 0.3 is 0 Å². The Labute approximate surface area is 153 Å². The Bertz CT molecular complexity index is 759. The van der Waals surface area contributed by atoms with Gasteiger partial charge in [-0.2, -0.15) is 0 Å². The summed E-state index contributed by atoms with van der Waals surface area (Å²) in [4.78, 5) is 12.4. The van der Waals surface area contributed by atoms with Gasteiger partial charge in [0.15, 0.2) is 0 Å². The summed E-state index contributed by atoms with van der Waals surface area (Å²) < 4.78 is 5.77. The van der Waals surface area contributed by atoms with Crippen LogP contribution in [0.15, 0.2) is 48.5 Å². The molecule has 3 atom stereocenters. The first-order chi connectivity index (χ1) is 12.2. The molecule has 1 amide bonds. The third kappa shape index (κ3) is 3.67. The summed E-state index contributed by atoms with van der Waals surface area (Å²) in [6.45, 7) is 0.413. The maximum atomic E-state index is 12.4. The first-order valence-electron chi connectivity index (χ1n) is 8.96. The second-order valence-corrected chi connectivity index (χ2v) is 7.57. The fourth-order valence-electron chi connectivity index (χ4n) is 4.15. The summed E-state index contributed by atoms with van der Waals surface area (Å²) in [7, 11) is 0. The van der Waals surface area contributed by atoms with Gasteiger partial charge < -0.3 is 10.1 Å². The van der Waals surface area contributed by atoms with Crippen molar-refractivity contribution in [2.45, 2.75) is 38.3 Å². The molecule has 4 heteroatoms. The molecule has 3 nitrogen and oxygen atoms in total. The Morgan fingerprint density at radius 2 is 1.88 bits per heavy atom. The lowest BCUT2D eigenvalue weighted by Gasteiger charge is -2.22. The molecule has 130 valence electrons. The molecule has 0 aliphatic heterocycles. The highest BCUT2D eigenvalue weighted by Crippen LogP contribution is 2.44. The van der Waals surface area contributed by atoms with Crippen molar-refractivity contribution < 1.29 is 9.53 Å². The topological polar surface area (TPSA) is 38.3 Å². The zero-order valence-corrected chi connectivity index (χ0v) is 14.8. The summed E-state index contributed by atoms with van der Waals surface area (Å²) in [6, 6.07) is 15.3. The smallest absolute Gasteiger partial charge is 0.251 e. The molecule has 2 aliphatic rings. The zero-order valence-electron chi connectivity index (χ0n) is 14.1. The predicted molar refractivity (Wildman–Crippen MR) is 98.9 cm³/mol. The number of hydrogen-bond acceptors (Lipinski definition) is 2. The predicted octanol–water partition coefficient (Wildman–Crippen LogP) is 4.84. The van der Waals surface area contributed by atoms with Crippen LogP contribution in [-0.2, 0) is 6.61 Å². The van der Waals surface area contributed by atoms with E-state index in [1.165, 1.54) is 19.3 Å². The van der Waals surface area contributed by atoms with E-state index in [0.29, 0.717) is 29.2 Å². The van der Waals surface area contributed by atoms with Crippen LogP contribution >= 0.6 is 11.6 Å². The Hall–Kier alpha value is -2.00. The van der Waals surface area contributed by atoms with Gasteiger partial charge in [-0.1, -0.05) is 36.2 Å². The highest BCUT2D eigenvalue weighted by Gasteiger charge is 2.40. The van der Waals surface area contributed by atoms with Crippen molar-refractivity contribution in [3.05, 3.63) is 64.7 Å². The summed E-state index contributed by atoms with van der Waals surface area (Å²) >= 11 is 6.13. The minimum absolute atomic E-state index is 0.0233. The first-order valence-corrected chi connectivity index (χ1v) is 9.34. The molecule has 2 aromatic carbocycles. The van der Waals surface area contributed by atoms with E-state index < -0.39 is 0 Å². The average Bonchev–Trinajstić information content (AvgIpc) is 3.24. The highest BCUT2D eigenvalue weighted by atomic mass is 35.5. The number of ether oxygens (including phenoxy) is 1. The molecule has 0 spiro atoms. The molecule has 0 radical (unpaired) electrons. The van der Waals surface area contributed by atoms with Crippen LogP contribution < -0.4 is 10.1 Å². The molecule has 0 aromatic heterocycles. The molecule has 0 heterocycles. The van der Waals surface area contributed by atoms with E-state index in [4.69, 9.17) is 16.3 Å². The molecule has 2 saturated carbocycles. The average molecular weight is 356 g/mol. The van der Waals surface area contributed by atoms with Crippen LogP contribution in [0.1, 0.15) is 41.6 Å². The van der Waals surface area contributed by atoms with Crippen LogP contribution in [0, 0.1) is 11.8 Å². The van der Waals surface area contributed by atoms with Crippen LogP contribution in [0.5, 0.6) is 5.75 Å². The van der Waals surface area contributed by atoms with E-state index in [-0.39, 0.29) is 5.91 Å². The Morgan fingerprint density at radius 1 is 1.08 bits per heavy atom. The Kier molecular flexibility index (Phi) is 4.67. The van der Waals surface area contributed by atoms with Crippen molar-refractivity contribution in [2.24, 2.45) is 11.8 Å². The molecule has 4 rings (SSSR count). The lowest BCUT2D eigenvalue weighted by atomic mass is 9.95. The minimum Gasteiger partial charge on any atom is -0.489 e. The molecule has 25 heavy (non-hydrogen) atoms. The molecule has 2 bridgehead atoms. The van der Waals surface area contributed by atoms with Gasteiger partial charge in [0.05, 0.1) is 0 Å². The minimum atomic E-state index is 0.0233. The second kappa shape index (κ2) is 7.09. The Morgan fingerprint density at radius 3 is 2.56 bits per heavy atom. The highest BCUT2D eigenvalue weighted by molar-refractivity contribution is 6.31. The van der Waals surface area contributed by atoms with Gasteiger partial charge in [0.1, 0.15) is 12.4 Å². The fraction of sp³-hybridized carbons (Fsp3) is 0.381. The number of benzene rings is 2. The maximum Gasteiger partial charge on any atom is 0.251 e. The van der Waals surface area contributed by atoms with Crippen molar-refractivity contribution in [2.75, 3.05) is 0 Å². The largest absolute Gasteiger partial charge is 0.489 e. The van der Waals surface area contributed by atoms with Crippen molar-refractivity contribution in [1.29, 1.82) is 0 Å². The van der Waals surface area contributed by atoms with E-state index >= 15 is 0 Å². The molecule has 0 saturated heterocycles. The second-order valence-electron chi connectivity index (χ2n) is 7.16. The van der Waals surface area contributed by atoms with Crippen LogP contribution in [0.2, 0.25) is 5.02 Å². The lowest BCUT2D eigenvalue weighted by molar-refractivity contribution is 0.0923. The summed E-state index contributed by atoms with van der Waals surface area (Å²) in [5, 5.41) is 3.91. The monoisotopic (exact) mass is 355 g/mol. The van der Waals surface area contributed by atoms with Gasteiger partial charge in [0.25, 0.3) is 5.91 Å². The van der Waals surface area contributed by atoms with E-state index in [2.05, 4.69) is 5.32 Å². The standard InChI is InChI=1S/C21H22ClNO2/c22-19-4-2-1-3-17(19)13-25-18-9-7-15(8-10-18)21(24)23-20-12-14-5-6-16(20)11-14/h1-4,7-10,14,16,20H,5-6,11-13H2,(H,23,24)/t14-,16+,20+/m0/s1. The van der Waals surface area contributed by atoms with Crippen LogP contribution in [0.4, 0.5) is 0 Å². The van der Waals surface area contributed by atoms with Gasteiger partial charge in [-0.15, -0.1) is 0 Å². The summed E-state index contributed by atoms with van der Waals surface area (Å²) in [6.07, 6.45) is 5.05. The van der Waals surface area contributed by atoms with Gasteiger partial charge in [-0.05, 0) is 61.4 Å². The third-order valence-corrected chi connectivity index (χ3v) is 5.89. The van der Waals surface area contributed by atoms with E-state index in [9.17, 15) is 4.79 Å². The lowest BCUT2D eigenvalue weighted by Crippen LogP contribution is -2.38. The van der Waals surface area contributed by atoms with Crippen molar-refractivity contribution in [3.8, 4) is 5.75 Å². The number of halogens is 1. The van der Waals surface area contributed by atoms with E-state index in [1.807, 2.05) is 48.5 Å². The van der Waals surface area contributed by atoms with Crippen LogP contribution in [0.25, 0.3) is 0 Å². The zero-order chi connectivity index (χ0) is 17.2. The molecule has 2 aliphatic carbocycles. The number of carbonyl (C=O) groups is 1. The van der Waals surface area contributed by atoms with Crippen LogP contribution in [-0.4, -0.2) is 11.9 Å². The molecular formula is C21H22ClNO2. The summed E-state index contributed by atoms with van der Waals surface area (Å²) in [5.41, 5.74) is 1.63. The number of hydrogen-bond donors (Lipinski definition) is 1. The molecule has 0 unspecified atom stereocenters. The summed E-state index contributed by atoms with van der Waals surface area (Å²) in [5.74, 6) is 2.27. The number of fused-ring (bicyclic) bond motifs is 2. The fourth-order valence-corrected chi connectivity index (χ4v) is 4.34. The third-order valence-electron chi connectivity index (χ3n) is 5.52. The van der Waals surface area contributed by atoms with Crippen LogP contribution in [0.3, 0.4) is 0 Å². The molecule has 2 fully saturated rings. The molecular weight excluding hydrogens is 334 g/mol. The van der Waals surface area contributed by atoms with Crippen molar-refractivity contribution in [1.82, 2.24) is 5.32 Å². The molecule has 1 N–H and O–H groups in total.